The van der Waals surface area contributed by atoms with Crippen LogP contribution in [0.3, 0.4) is 0 Å². The number of anilines is 1. The highest BCUT2D eigenvalue weighted by atomic mass is 127. The molecule has 1 aliphatic heterocycles. The summed E-state index contributed by atoms with van der Waals surface area (Å²) >= 11 is 0. The average molecular weight is 514 g/mol. The average Bonchev–Trinajstić information content (AvgIpc) is 2.88. The maximum absolute atomic E-state index is 3.85. The molecule has 0 saturated heterocycles. The molecule has 0 aromatic heterocycles. The second-order valence-electron chi connectivity index (χ2n) is 9.97. The lowest BCUT2D eigenvalue weighted by atomic mass is 9.69. The first kappa shape index (κ1) is 26.8. The van der Waals surface area contributed by atoms with Gasteiger partial charge in [0.05, 0.1) is 0 Å². The quantitative estimate of drug-likeness (QED) is 0.182. The van der Waals surface area contributed by atoms with Crippen molar-refractivity contribution in [2.24, 2.45) is 0 Å². The molecule has 1 unspecified atom stereocenters. The third kappa shape index (κ3) is 8.07. The van der Waals surface area contributed by atoms with Gasteiger partial charge in [0, 0.05) is 16.6 Å². The minimum atomic E-state index is 0. The molecule has 1 atom stereocenters. The Morgan fingerprint density at radius 1 is 0.655 bits per heavy atom. The summed E-state index contributed by atoms with van der Waals surface area (Å²) < 4.78 is 0. The highest BCUT2D eigenvalue weighted by molar-refractivity contribution is 14.0. The predicted molar refractivity (Wildman–Crippen MR) is 142 cm³/mol. The van der Waals surface area contributed by atoms with E-state index in [0.717, 1.165) is 0 Å². The van der Waals surface area contributed by atoms with Gasteiger partial charge in [-0.05, 0) is 25.0 Å². The number of halogens is 1. The van der Waals surface area contributed by atoms with Crippen LogP contribution in [0.5, 0.6) is 0 Å². The topological polar surface area (TPSA) is 12.0 Å². The Balaban J connectivity index is 0.00000420. The van der Waals surface area contributed by atoms with Crippen molar-refractivity contribution in [3.8, 4) is 0 Å². The van der Waals surface area contributed by atoms with E-state index in [9.17, 15) is 0 Å². The van der Waals surface area contributed by atoms with Gasteiger partial charge in [0.15, 0.2) is 0 Å². The lowest BCUT2D eigenvalue weighted by molar-refractivity contribution is 0.300. The minimum absolute atomic E-state index is 0. The van der Waals surface area contributed by atoms with Crippen molar-refractivity contribution >= 4 is 29.7 Å². The van der Waals surface area contributed by atoms with Crippen LogP contribution in [0.1, 0.15) is 130 Å². The first-order valence-electron chi connectivity index (χ1n) is 12.4. The molecule has 0 aliphatic carbocycles. The molecular weight excluding hydrogens is 465 g/mol. The SMILES string of the molecule is CCCCCCCCCCCCCCCCC1(C)Nc2ccccc2C1(C)C.I. The third-order valence-electron chi connectivity index (χ3n) is 7.42. The molecule has 2 heteroatoms. The summed E-state index contributed by atoms with van der Waals surface area (Å²) in [5.41, 5.74) is 3.23. The van der Waals surface area contributed by atoms with Gasteiger partial charge in [-0.3, -0.25) is 0 Å². The molecule has 0 fully saturated rings. The van der Waals surface area contributed by atoms with E-state index in [0.29, 0.717) is 0 Å². The molecule has 1 aromatic rings. The van der Waals surface area contributed by atoms with Crippen LogP contribution in [-0.2, 0) is 5.41 Å². The molecule has 0 amide bonds. The Morgan fingerprint density at radius 2 is 1.10 bits per heavy atom. The van der Waals surface area contributed by atoms with Crippen molar-refractivity contribution < 1.29 is 0 Å². The van der Waals surface area contributed by atoms with Gasteiger partial charge in [-0.2, -0.15) is 0 Å². The first-order valence-corrected chi connectivity index (χ1v) is 12.4. The van der Waals surface area contributed by atoms with Gasteiger partial charge in [-0.1, -0.05) is 129 Å². The Bertz CT molecular complexity index is 553. The number of hydrogen-bond acceptors (Lipinski definition) is 1. The standard InChI is InChI=1S/C27H47N.HI/c1-5-6-7-8-9-10-11-12-13-14-15-16-17-20-23-27(4)26(2,3)24-21-18-19-22-25(24)28-27;/h18-19,21-22,28H,5-17,20,23H2,1-4H3;1H. The second-order valence-corrected chi connectivity index (χ2v) is 9.97. The summed E-state index contributed by atoms with van der Waals surface area (Å²) in [6.45, 7) is 9.55. The maximum Gasteiger partial charge on any atom is 0.0437 e. The summed E-state index contributed by atoms with van der Waals surface area (Å²) in [4.78, 5) is 0. The zero-order valence-corrected chi connectivity index (χ0v) is 22.2. The van der Waals surface area contributed by atoms with Crippen LogP contribution in [0, 0.1) is 0 Å². The van der Waals surface area contributed by atoms with Gasteiger partial charge in [0.25, 0.3) is 0 Å². The number of benzene rings is 1. The molecule has 168 valence electrons. The number of hydrogen-bond donors (Lipinski definition) is 1. The summed E-state index contributed by atoms with van der Waals surface area (Å²) in [6, 6.07) is 8.88. The van der Waals surface area contributed by atoms with Gasteiger partial charge < -0.3 is 5.32 Å². The predicted octanol–water partition coefficient (Wildman–Crippen LogP) is 9.64. The van der Waals surface area contributed by atoms with Gasteiger partial charge in [-0.25, -0.2) is 0 Å². The van der Waals surface area contributed by atoms with E-state index < -0.39 is 0 Å². The van der Waals surface area contributed by atoms with E-state index in [1.165, 1.54) is 108 Å². The van der Waals surface area contributed by atoms with Crippen LogP contribution in [0.2, 0.25) is 0 Å². The van der Waals surface area contributed by atoms with Gasteiger partial charge in [0.2, 0.25) is 0 Å². The van der Waals surface area contributed by atoms with E-state index in [1.54, 1.807) is 0 Å². The van der Waals surface area contributed by atoms with Crippen LogP contribution >= 0.6 is 24.0 Å². The van der Waals surface area contributed by atoms with Crippen LogP contribution in [0.25, 0.3) is 0 Å². The van der Waals surface area contributed by atoms with Gasteiger partial charge in [-0.15, -0.1) is 24.0 Å². The van der Waals surface area contributed by atoms with Gasteiger partial charge >= 0.3 is 0 Å². The monoisotopic (exact) mass is 513 g/mol. The molecule has 1 N–H and O–H groups in total. The summed E-state index contributed by atoms with van der Waals surface area (Å²) in [5, 5.41) is 3.85. The van der Waals surface area contributed by atoms with Crippen molar-refractivity contribution in [3.05, 3.63) is 29.8 Å². The van der Waals surface area contributed by atoms with Gasteiger partial charge in [0.1, 0.15) is 0 Å². The van der Waals surface area contributed by atoms with Crippen molar-refractivity contribution in [2.75, 3.05) is 5.32 Å². The van der Waals surface area contributed by atoms with E-state index in [1.807, 2.05) is 0 Å². The number of rotatable bonds is 15. The molecule has 29 heavy (non-hydrogen) atoms. The molecular formula is C27H48IN. The van der Waals surface area contributed by atoms with E-state index in [-0.39, 0.29) is 34.9 Å². The largest absolute Gasteiger partial charge is 0.379 e. The van der Waals surface area contributed by atoms with E-state index >= 15 is 0 Å². The molecule has 0 radical (unpaired) electrons. The Kier molecular flexibility index (Phi) is 12.9. The fourth-order valence-electron chi connectivity index (χ4n) is 4.94. The molecule has 0 saturated carbocycles. The molecule has 1 aliphatic rings. The molecule has 0 bridgehead atoms. The minimum Gasteiger partial charge on any atom is -0.379 e. The fraction of sp³-hybridized carbons (Fsp3) is 0.778. The zero-order chi connectivity index (χ0) is 20.3. The highest BCUT2D eigenvalue weighted by Gasteiger charge is 2.47. The van der Waals surface area contributed by atoms with Crippen molar-refractivity contribution in [1.82, 2.24) is 0 Å². The van der Waals surface area contributed by atoms with Crippen LogP contribution in [0.15, 0.2) is 24.3 Å². The lowest BCUT2D eigenvalue weighted by Crippen LogP contribution is -2.46. The fourth-order valence-corrected chi connectivity index (χ4v) is 4.94. The number of nitrogens with one attached hydrogen (secondary N) is 1. The molecule has 1 nitrogen and oxygen atoms in total. The molecule has 1 heterocycles. The maximum atomic E-state index is 3.85. The van der Waals surface area contributed by atoms with Crippen molar-refractivity contribution in [3.63, 3.8) is 0 Å². The third-order valence-corrected chi connectivity index (χ3v) is 7.42. The Labute approximate surface area is 199 Å². The van der Waals surface area contributed by atoms with Crippen LogP contribution in [0.4, 0.5) is 5.69 Å². The molecule has 0 spiro atoms. The number of para-hydroxylation sites is 1. The zero-order valence-electron chi connectivity index (χ0n) is 19.8. The molecule has 2 rings (SSSR count). The Hall–Kier alpha value is -0.250. The van der Waals surface area contributed by atoms with E-state index in [2.05, 4.69) is 57.3 Å². The van der Waals surface area contributed by atoms with Crippen molar-refractivity contribution in [2.45, 2.75) is 135 Å². The second kappa shape index (κ2) is 13.9. The Morgan fingerprint density at radius 3 is 1.59 bits per heavy atom. The number of unbranched alkanes of at least 4 members (excludes halogenated alkanes) is 13. The summed E-state index contributed by atoms with van der Waals surface area (Å²) in [6.07, 6.45) is 21.3. The normalized spacial score (nSPS) is 19.4. The lowest BCUT2D eigenvalue weighted by Gasteiger charge is -2.39. The van der Waals surface area contributed by atoms with E-state index in [4.69, 9.17) is 0 Å². The summed E-state index contributed by atoms with van der Waals surface area (Å²) in [7, 11) is 0. The summed E-state index contributed by atoms with van der Waals surface area (Å²) in [5.74, 6) is 0. The highest BCUT2D eigenvalue weighted by Crippen LogP contribution is 2.49. The van der Waals surface area contributed by atoms with Crippen LogP contribution in [-0.4, -0.2) is 5.54 Å². The first-order chi connectivity index (χ1) is 13.5. The van der Waals surface area contributed by atoms with Crippen LogP contribution < -0.4 is 5.32 Å². The van der Waals surface area contributed by atoms with Crippen molar-refractivity contribution in [1.29, 1.82) is 0 Å². The smallest absolute Gasteiger partial charge is 0.0437 e. The molecule has 1 aromatic carbocycles. The number of fused-ring (bicyclic) bond motifs is 1.